The van der Waals surface area contributed by atoms with Crippen LogP contribution in [0.2, 0.25) is 0 Å². The minimum Gasteiger partial charge on any atom is -0.494 e. The molecule has 0 radical (unpaired) electrons. The van der Waals surface area contributed by atoms with Crippen LogP contribution in [0.3, 0.4) is 0 Å². The van der Waals surface area contributed by atoms with Crippen LogP contribution in [-0.2, 0) is 0 Å². The molecule has 0 fully saturated rings. The number of fused-ring (bicyclic) bond motifs is 1. The number of hydrogen-bond donors (Lipinski definition) is 0. The van der Waals surface area contributed by atoms with Gasteiger partial charge in [0.1, 0.15) is 16.8 Å². The highest BCUT2D eigenvalue weighted by Gasteiger charge is 2.27. The smallest absolute Gasteiger partial charge is 0.282 e. The van der Waals surface area contributed by atoms with E-state index in [2.05, 4.69) is 4.98 Å². The minimum atomic E-state index is -0.543. The molecular formula is C19H21ClN4O4S. The Kier molecular flexibility index (Phi) is 7.49. The number of carbonyl (C=O) groups excluding carboxylic acids is 1. The third-order valence-corrected chi connectivity index (χ3v) is 5.21. The second kappa shape index (κ2) is 9.64. The van der Waals surface area contributed by atoms with Crippen LogP contribution in [0.5, 0.6) is 5.75 Å². The van der Waals surface area contributed by atoms with Crippen molar-refractivity contribution in [3.63, 3.8) is 0 Å². The van der Waals surface area contributed by atoms with E-state index in [1.54, 1.807) is 25.3 Å². The van der Waals surface area contributed by atoms with Gasteiger partial charge in [0.05, 0.1) is 16.7 Å². The molecule has 0 aliphatic rings. The van der Waals surface area contributed by atoms with Gasteiger partial charge < -0.3 is 9.64 Å². The summed E-state index contributed by atoms with van der Waals surface area (Å²) in [7, 11) is 5.36. The van der Waals surface area contributed by atoms with Crippen molar-refractivity contribution in [1.29, 1.82) is 0 Å². The molecule has 29 heavy (non-hydrogen) atoms. The van der Waals surface area contributed by atoms with Crippen LogP contribution in [0.15, 0.2) is 42.5 Å². The summed E-state index contributed by atoms with van der Waals surface area (Å²) in [4.78, 5) is 32.1. The van der Waals surface area contributed by atoms with Crippen LogP contribution in [-0.4, -0.2) is 55.0 Å². The number of para-hydroxylation sites is 2. The van der Waals surface area contributed by atoms with Gasteiger partial charge in [-0.3, -0.25) is 19.8 Å². The molecular weight excluding hydrogens is 416 g/mol. The number of nitro groups is 1. The van der Waals surface area contributed by atoms with Gasteiger partial charge in [-0.15, -0.1) is 12.4 Å². The Morgan fingerprint density at radius 3 is 2.55 bits per heavy atom. The van der Waals surface area contributed by atoms with Gasteiger partial charge in [-0.25, -0.2) is 4.98 Å². The Hall–Kier alpha value is -2.75. The average Bonchev–Trinajstić information content (AvgIpc) is 3.11. The highest BCUT2D eigenvalue weighted by molar-refractivity contribution is 7.22. The molecule has 0 N–H and O–H groups in total. The molecule has 0 atom stereocenters. The van der Waals surface area contributed by atoms with E-state index in [0.717, 1.165) is 4.70 Å². The summed E-state index contributed by atoms with van der Waals surface area (Å²) in [6.45, 7) is 0.930. The van der Waals surface area contributed by atoms with E-state index in [0.29, 0.717) is 29.5 Å². The van der Waals surface area contributed by atoms with Gasteiger partial charge in [-0.05, 0) is 32.3 Å². The Balaban J connectivity index is 0.00000300. The number of anilines is 1. The molecule has 0 aliphatic heterocycles. The molecule has 2 aromatic carbocycles. The number of aromatic nitrogens is 1. The van der Waals surface area contributed by atoms with E-state index < -0.39 is 10.8 Å². The maximum absolute atomic E-state index is 13.3. The third kappa shape index (κ3) is 4.81. The zero-order valence-corrected chi connectivity index (χ0v) is 17.8. The summed E-state index contributed by atoms with van der Waals surface area (Å²) in [6, 6.07) is 11.5. The Morgan fingerprint density at radius 2 is 1.90 bits per heavy atom. The fourth-order valence-electron chi connectivity index (χ4n) is 2.73. The lowest BCUT2D eigenvalue weighted by atomic mass is 10.1. The number of halogens is 1. The second-order valence-electron chi connectivity index (χ2n) is 6.34. The number of thiazole rings is 1. The van der Waals surface area contributed by atoms with Gasteiger partial charge >= 0.3 is 0 Å². The first-order valence-corrected chi connectivity index (χ1v) is 9.37. The van der Waals surface area contributed by atoms with E-state index in [-0.39, 0.29) is 23.7 Å². The fraction of sp³-hybridized carbons (Fsp3) is 0.263. The van der Waals surface area contributed by atoms with Crippen LogP contribution in [0.4, 0.5) is 10.8 Å². The van der Waals surface area contributed by atoms with Crippen LogP contribution in [0.1, 0.15) is 10.4 Å². The summed E-state index contributed by atoms with van der Waals surface area (Å²) >= 11 is 1.35. The van der Waals surface area contributed by atoms with Crippen LogP contribution < -0.4 is 9.64 Å². The summed E-state index contributed by atoms with van der Waals surface area (Å²) < 4.78 is 6.23. The first-order valence-electron chi connectivity index (χ1n) is 8.56. The highest BCUT2D eigenvalue weighted by Crippen LogP contribution is 2.35. The number of ether oxygens (including phenoxy) is 1. The van der Waals surface area contributed by atoms with Crippen molar-refractivity contribution >= 4 is 50.7 Å². The van der Waals surface area contributed by atoms with Crippen molar-refractivity contribution < 1.29 is 14.5 Å². The van der Waals surface area contributed by atoms with Gasteiger partial charge in [0.15, 0.2) is 5.13 Å². The number of nitrogens with zero attached hydrogens (tertiary/aromatic N) is 4. The molecule has 0 bridgehead atoms. The lowest BCUT2D eigenvalue weighted by molar-refractivity contribution is -0.385. The molecule has 1 aromatic heterocycles. The molecule has 10 heteroatoms. The number of likely N-dealkylation sites (N-methyl/N-ethyl adjacent to an activating group) is 1. The third-order valence-electron chi connectivity index (χ3n) is 4.17. The van der Waals surface area contributed by atoms with E-state index in [4.69, 9.17) is 4.74 Å². The van der Waals surface area contributed by atoms with Crippen molar-refractivity contribution in [3.8, 4) is 5.75 Å². The molecule has 1 amide bonds. The molecule has 1 heterocycles. The number of amides is 1. The van der Waals surface area contributed by atoms with Crippen LogP contribution in [0, 0.1) is 10.1 Å². The van der Waals surface area contributed by atoms with Crippen molar-refractivity contribution in [2.45, 2.75) is 0 Å². The predicted molar refractivity (Wildman–Crippen MR) is 117 cm³/mol. The van der Waals surface area contributed by atoms with Crippen molar-refractivity contribution in [2.75, 3.05) is 39.2 Å². The molecule has 154 valence electrons. The molecule has 3 aromatic rings. The average molecular weight is 437 g/mol. The zero-order chi connectivity index (χ0) is 20.3. The maximum atomic E-state index is 13.3. The molecule has 8 nitrogen and oxygen atoms in total. The van der Waals surface area contributed by atoms with Crippen LogP contribution in [0.25, 0.3) is 10.2 Å². The summed E-state index contributed by atoms with van der Waals surface area (Å²) in [5.74, 6) is 0.165. The summed E-state index contributed by atoms with van der Waals surface area (Å²) in [5, 5.41) is 11.8. The Morgan fingerprint density at radius 1 is 1.17 bits per heavy atom. The van der Waals surface area contributed by atoms with Gasteiger partial charge in [0.25, 0.3) is 11.6 Å². The Bertz CT molecular complexity index is 1020. The second-order valence-corrected chi connectivity index (χ2v) is 7.35. The number of hydrogen-bond acceptors (Lipinski definition) is 7. The van der Waals surface area contributed by atoms with Gasteiger partial charge in [0.2, 0.25) is 0 Å². The molecule has 0 saturated carbocycles. The van der Waals surface area contributed by atoms with E-state index in [1.807, 2.05) is 31.1 Å². The van der Waals surface area contributed by atoms with E-state index >= 15 is 0 Å². The maximum Gasteiger partial charge on any atom is 0.282 e. The number of benzene rings is 2. The quantitative estimate of drug-likeness (QED) is 0.413. The standard InChI is InChI=1S/C19H20N4O4S.ClH/c1-21(2)11-12-22(18(24)13-7-4-5-8-14(13)23(25)26)19-20-17-15(27-3)9-6-10-16(17)28-19;/h4-10H,11-12H2,1-3H3;1H. The molecule has 0 spiro atoms. The number of nitro benzene ring substituents is 1. The summed E-state index contributed by atoms with van der Waals surface area (Å²) in [6.07, 6.45) is 0. The number of carbonyl (C=O) groups is 1. The van der Waals surface area contributed by atoms with Crippen LogP contribution >= 0.6 is 23.7 Å². The monoisotopic (exact) mass is 436 g/mol. The SMILES string of the molecule is COc1cccc2sc(N(CCN(C)C)C(=O)c3ccccc3[N+](=O)[O-])nc12.Cl. The molecule has 3 rings (SSSR count). The van der Waals surface area contributed by atoms with Gasteiger partial charge in [0, 0.05) is 19.2 Å². The first kappa shape index (κ1) is 22.5. The van der Waals surface area contributed by atoms with Gasteiger partial charge in [-0.1, -0.05) is 29.5 Å². The molecule has 0 unspecified atom stereocenters. The fourth-order valence-corrected chi connectivity index (χ4v) is 3.74. The van der Waals surface area contributed by atoms with Crippen molar-refractivity contribution in [1.82, 2.24) is 9.88 Å². The zero-order valence-electron chi connectivity index (χ0n) is 16.2. The molecule has 0 saturated heterocycles. The van der Waals surface area contributed by atoms with Crippen molar-refractivity contribution in [2.24, 2.45) is 0 Å². The largest absolute Gasteiger partial charge is 0.494 e. The summed E-state index contributed by atoms with van der Waals surface area (Å²) in [5.41, 5.74) is 0.480. The van der Waals surface area contributed by atoms with Crippen molar-refractivity contribution in [3.05, 3.63) is 58.1 Å². The van der Waals surface area contributed by atoms with E-state index in [9.17, 15) is 14.9 Å². The molecule has 0 aliphatic carbocycles. The minimum absolute atomic E-state index is 0. The lowest BCUT2D eigenvalue weighted by Gasteiger charge is -2.21. The normalized spacial score (nSPS) is 10.6. The lowest BCUT2D eigenvalue weighted by Crippen LogP contribution is -2.37. The topological polar surface area (TPSA) is 88.8 Å². The van der Waals surface area contributed by atoms with E-state index in [1.165, 1.54) is 28.4 Å². The van der Waals surface area contributed by atoms with Gasteiger partial charge in [-0.2, -0.15) is 0 Å². The number of methoxy groups -OCH3 is 1. The number of rotatable bonds is 7. The first-order chi connectivity index (χ1) is 13.4. The Labute approximate surface area is 178 Å². The highest BCUT2D eigenvalue weighted by atomic mass is 35.5. The predicted octanol–water partition coefficient (Wildman–Crippen LogP) is 3.84.